The third-order valence-electron chi connectivity index (χ3n) is 5.52. The van der Waals surface area contributed by atoms with Crippen molar-refractivity contribution in [1.82, 2.24) is 19.7 Å². The number of aliphatic imine (C=N–C) groups is 1. The summed E-state index contributed by atoms with van der Waals surface area (Å²) in [6, 6.07) is 9.61. The second kappa shape index (κ2) is 11.5. The molecule has 1 atom stereocenters. The molecule has 0 amide bonds. The van der Waals surface area contributed by atoms with Crippen LogP contribution in [0.2, 0.25) is 0 Å². The summed E-state index contributed by atoms with van der Waals surface area (Å²) < 4.78 is 7.47. The van der Waals surface area contributed by atoms with Crippen LogP contribution in [0.4, 0.5) is 0 Å². The molecule has 2 heterocycles. The number of rotatable bonds is 10. The van der Waals surface area contributed by atoms with E-state index in [0.29, 0.717) is 31.0 Å². The first-order chi connectivity index (χ1) is 16.4. The summed E-state index contributed by atoms with van der Waals surface area (Å²) in [4.78, 5) is 22.7. The number of aromatic nitrogens is 4. The quantitative estimate of drug-likeness (QED) is 0.411. The average Bonchev–Trinajstić information content (AvgIpc) is 3.27. The first kappa shape index (κ1) is 25.1. The highest BCUT2D eigenvalue weighted by Gasteiger charge is 2.26. The number of hydrogen-bond donors (Lipinski definition) is 1. The number of aromatic hydroxyl groups is 1. The van der Waals surface area contributed by atoms with Crippen molar-refractivity contribution in [3.63, 3.8) is 0 Å². The van der Waals surface area contributed by atoms with Gasteiger partial charge in [-0.1, -0.05) is 56.7 Å². The van der Waals surface area contributed by atoms with Crippen LogP contribution in [0.1, 0.15) is 77.2 Å². The molecular weight excluding hydrogens is 430 g/mol. The molecule has 1 unspecified atom stereocenters. The van der Waals surface area contributed by atoms with E-state index >= 15 is 0 Å². The first-order valence-electron chi connectivity index (χ1n) is 11.8. The smallest absolute Gasteiger partial charge is 0.270 e. The van der Waals surface area contributed by atoms with Gasteiger partial charge in [0.25, 0.3) is 11.4 Å². The molecule has 3 aromatic rings. The van der Waals surface area contributed by atoms with Gasteiger partial charge < -0.3 is 9.52 Å². The second-order valence-electron chi connectivity index (χ2n) is 8.36. The molecule has 0 spiro atoms. The van der Waals surface area contributed by atoms with Crippen LogP contribution >= 0.6 is 0 Å². The van der Waals surface area contributed by atoms with Crippen molar-refractivity contribution in [2.75, 3.05) is 0 Å². The predicted molar refractivity (Wildman–Crippen MR) is 133 cm³/mol. The molecule has 0 aliphatic carbocycles. The van der Waals surface area contributed by atoms with E-state index in [1.807, 2.05) is 64.1 Å². The van der Waals surface area contributed by atoms with Crippen LogP contribution in [0.25, 0.3) is 11.5 Å². The molecule has 180 valence electrons. The van der Waals surface area contributed by atoms with Crippen molar-refractivity contribution in [2.45, 2.75) is 72.8 Å². The number of aryl methyl sites for hydroxylation is 1. The van der Waals surface area contributed by atoms with Gasteiger partial charge in [0.05, 0.1) is 12.5 Å². The molecule has 8 nitrogen and oxygen atoms in total. The third-order valence-corrected chi connectivity index (χ3v) is 5.52. The van der Waals surface area contributed by atoms with Gasteiger partial charge in [0, 0.05) is 17.8 Å². The Labute approximate surface area is 200 Å². The molecule has 0 saturated carbocycles. The highest BCUT2D eigenvalue weighted by Crippen LogP contribution is 2.28. The summed E-state index contributed by atoms with van der Waals surface area (Å²) in [6.07, 6.45) is 5.26. The fraction of sp³-hybridized carbons (Fsp3) is 0.423. The fourth-order valence-corrected chi connectivity index (χ4v) is 3.90. The second-order valence-corrected chi connectivity index (χ2v) is 8.36. The Balaban J connectivity index is 2.11. The van der Waals surface area contributed by atoms with E-state index in [1.54, 1.807) is 4.57 Å². The molecule has 0 saturated heterocycles. The van der Waals surface area contributed by atoms with Crippen molar-refractivity contribution in [3.05, 3.63) is 69.7 Å². The van der Waals surface area contributed by atoms with Crippen molar-refractivity contribution >= 4 is 5.71 Å². The minimum Gasteiger partial charge on any atom is -0.493 e. The molecule has 2 aromatic heterocycles. The molecule has 0 radical (unpaired) electrons. The van der Waals surface area contributed by atoms with Crippen molar-refractivity contribution in [2.24, 2.45) is 4.99 Å². The maximum absolute atomic E-state index is 13.8. The zero-order valence-corrected chi connectivity index (χ0v) is 20.6. The first-order valence-corrected chi connectivity index (χ1v) is 11.8. The topological polar surface area (TPSA) is 106 Å². The molecule has 8 heteroatoms. The lowest BCUT2D eigenvalue weighted by Gasteiger charge is -2.23. The SMILES string of the molecule is C/C=C(/Cc1nnc(-c2c(O)nc(CCCC)n(C(CC)c3ccccc3)c2=O)o1)N=C(C)C. The fourth-order valence-electron chi connectivity index (χ4n) is 3.90. The van der Waals surface area contributed by atoms with E-state index in [4.69, 9.17) is 4.42 Å². The van der Waals surface area contributed by atoms with E-state index in [-0.39, 0.29) is 23.4 Å². The van der Waals surface area contributed by atoms with Gasteiger partial charge in [-0.25, -0.2) is 0 Å². The molecule has 0 aliphatic heterocycles. The minimum absolute atomic E-state index is 0.0450. The van der Waals surface area contributed by atoms with Gasteiger partial charge in [-0.15, -0.1) is 10.2 Å². The lowest BCUT2D eigenvalue weighted by atomic mass is 10.0. The number of nitrogens with zero attached hydrogens (tertiary/aromatic N) is 5. The normalized spacial score (nSPS) is 12.6. The van der Waals surface area contributed by atoms with E-state index in [2.05, 4.69) is 27.1 Å². The Morgan fingerprint density at radius 3 is 2.56 bits per heavy atom. The molecule has 3 rings (SSSR count). The zero-order valence-electron chi connectivity index (χ0n) is 20.6. The summed E-state index contributed by atoms with van der Waals surface area (Å²) >= 11 is 0. The Bertz CT molecular complexity index is 1220. The Kier molecular flexibility index (Phi) is 8.51. The van der Waals surface area contributed by atoms with Gasteiger partial charge >= 0.3 is 0 Å². The van der Waals surface area contributed by atoms with Gasteiger partial charge in [0.15, 0.2) is 5.56 Å². The molecule has 34 heavy (non-hydrogen) atoms. The molecular formula is C26H33N5O3. The number of unbranched alkanes of at least 4 members (excludes halogenated alkanes) is 1. The monoisotopic (exact) mass is 463 g/mol. The summed E-state index contributed by atoms with van der Waals surface area (Å²) in [5, 5.41) is 18.9. The van der Waals surface area contributed by atoms with Crippen molar-refractivity contribution in [1.29, 1.82) is 0 Å². The van der Waals surface area contributed by atoms with Crippen LogP contribution in [0, 0.1) is 0 Å². The van der Waals surface area contributed by atoms with Crippen molar-refractivity contribution in [3.8, 4) is 17.3 Å². The highest BCUT2D eigenvalue weighted by molar-refractivity contribution is 5.80. The standard InChI is InChI=1S/C26H33N5O3/c1-6-9-15-21-28-24(32)23(25-30-29-22(34-25)16-19(7-2)27-17(4)5)26(33)31(21)20(8-3)18-13-11-10-12-14-18/h7,10-14,20,32H,6,8-9,15-16H2,1-5H3/b19-7-. The van der Waals surface area contributed by atoms with E-state index in [0.717, 1.165) is 29.8 Å². The van der Waals surface area contributed by atoms with Crippen LogP contribution < -0.4 is 5.56 Å². The van der Waals surface area contributed by atoms with Gasteiger partial charge in [0.2, 0.25) is 11.8 Å². The Morgan fingerprint density at radius 2 is 1.94 bits per heavy atom. The lowest BCUT2D eigenvalue weighted by Crippen LogP contribution is -2.31. The van der Waals surface area contributed by atoms with E-state index in [1.165, 1.54) is 0 Å². The van der Waals surface area contributed by atoms with Gasteiger partial charge in [-0.2, -0.15) is 4.98 Å². The predicted octanol–water partition coefficient (Wildman–Crippen LogP) is 5.27. The molecule has 0 aliphatic rings. The highest BCUT2D eigenvalue weighted by atomic mass is 16.4. The summed E-state index contributed by atoms with van der Waals surface area (Å²) in [5.41, 5.74) is 2.22. The summed E-state index contributed by atoms with van der Waals surface area (Å²) in [5.74, 6) is 0.423. The van der Waals surface area contributed by atoms with Crippen molar-refractivity contribution < 1.29 is 9.52 Å². The van der Waals surface area contributed by atoms with Gasteiger partial charge in [-0.05, 0) is 39.2 Å². The average molecular weight is 464 g/mol. The molecule has 1 aromatic carbocycles. The van der Waals surface area contributed by atoms with E-state index < -0.39 is 5.56 Å². The summed E-state index contributed by atoms with van der Waals surface area (Å²) in [7, 11) is 0. The van der Waals surface area contributed by atoms with Gasteiger partial charge in [-0.3, -0.25) is 14.4 Å². The number of hydrogen-bond acceptors (Lipinski definition) is 7. The molecule has 0 fully saturated rings. The van der Waals surface area contributed by atoms with Crippen LogP contribution in [0.15, 0.2) is 56.3 Å². The molecule has 1 N–H and O–H groups in total. The largest absolute Gasteiger partial charge is 0.493 e. The number of benzene rings is 1. The van der Waals surface area contributed by atoms with Crippen LogP contribution in [-0.4, -0.2) is 30.6 Å². The Morgan fingerprint density at radius 1 is 1.21 bits per heavy atom. The Hall–Kier alpha value is -3.55. The summed E-state index contributed by atoms with van der Waals surface area (Å²) in [6.45, 7) is 9.81. The third kappa shape index (κ3) is 5.68. The lowest BCUT2D eigenvalue weighted by molar-refractivity contribution is 0.425. The van der Waals surface area contributed by atoms with Crippen LogP contribution in [0.3, 0.4) is 0 Å². The van der Waals surface area contributed by atoms with Gasteiger partial charge in [0.1, 0.15) is 5.82 Å². The maximum Gasteiger partial charge on any atom is 0.270 e. The molecule has 0 bridgehead atoms. The maximum atomic E-state index is 13.8. The zero-order chi connectivity index (χ0) is 24.7. The number of allylic oxidation sites excluding steroid dienone is 2. The van der Waals surface area contributed by atoms with Crippen LogP contribution in [0.5, 0.6) is 5.88 Å². The van der Waals surface area contributed by atoms with E-state index in [9.17, 15) is 9.90 Å². The van der Waals surface area contributed by atoms with Crippen LogP contribution in [-0.2, 0) is 12.8 Å². The minimum atomic E-state index is -0.391.